The van der Waals surface area contributed by atoms with E-state index < -0.39 is 0 Å². The van der Waals surface area contributed by atoms with Gasteiger partial charge in [0.05, 0.1) is 0 Å². The zero-order valence-corrected chi connectivity index (χ0v) is 12.5. The Morgan fingerprint density at radius 3 is 2.79 bits per heavy atom. The molecule has 2 heteroatoms. The molecule has 0 N–H and O–H groups in total. The maximum Gasteiger partial charge on any atom is 0.110 e. The van der Waals surface area contributed by atoms with Crippen molar-refractivity contribution >= 4 is 12.1 Å². The number of aliphatic imine (C=N–C) groups is 2. The fourth-order valence-corrected chi connectivity index (χ4v) is 2.05. The highest BCUT2D eigenvalue weighted by Crippen LogP contribution is 2.22. The van der Waals surface area contributed by atoms with Crippen molar-refractivity contribution in [3.8, 4) is 0 Å². The fourth-order valence-electron chi connectivity index (χ4n) is 2.05. The third kappa shape index (κ3) is 5.21. The standard InChI is InChI=1S/C17H24N2/c1-5-8-17-14(3)9-7-10-15(4)19-13-18-12-11-16(17)6-2/h5,7-10,13H,6,11-12H2,1-4H3/b8-5-,10-7+,14-9+,17-16-,18-13?,19-15?. The molecule has 0 fully saturated rings. The molecule has 1 aliphatic heterocycles. The molecule has 102 valence electrons. The zero-order chi connectivity index (χ0) is 14.1. The van der Waals surface area contributed by atoms with Crippen LogP contribution in [0.5, 0.6) is 0 Å². The van der Waals surface area contributed by atoms with Gasteiger partial charge in [-0.15, -0.1) is 0 Å². The van der Waals surface area contributed by atoms with Crippen LogP contribution in [0, 0.1) is 0 Å². The van der Waals surface area contributed by atoms with Crippen LogP contribution in [0.2, 0.25) is 0 Å². The Morgan fingerprint density at radius 1 is 1.32 bits per heavy atom. The number of hydrogen-bond acceptors (Lipinski definition) is 2. The Kier molecular flexibility index (Phi) is 6.80. The van der Waals surface area contributed by atoms with Crippen molar-refractivity contribution in [3.05, 3.63) is 47.1 Å². The highest BCUT2D eigenvalue weighted by atomic mass is 14.9. The molecule has 0 radical (unpaired) electrons. The molecule has 0 saturated heterocycles. The molecule has 1 rings (SSSR count). The minimum Gasteiger partial charge on any atom is -0.273 e. The molecule has 0 unspecified atom stereocenters. The summed E-state index contributed by atoms with van der Waals surface area (Å²) >= 11 is 0. The molecule has 0 bridgehead atoms. The number of rotatable bonds is 2. The Morgan fingerprint density at radius 2 is 2.11 bits per heavy atom. The second kappa shape index (κ2) is 8.41. The van der Waals surface area contributed by atoms with Crippen LogP contribution in [0.25, 0.3) is 0 Å². The quantitative estimate of drug-likeness (QED) is 0.686. The lowest BCUT2D eigenvalue weighted by atomic mass is 9.96. The second-order valence-electron chi connectivity index (χ2n) is 4.62. The summed E-state index contributed by atoms with van der Waals surface area (Å²) in [6.45, 7) is 9.22. The van der Waals surface area contributed by atoms with Crippen molar-refractivity contribution in [1.29, 1.82) is 0 Å². The van der Waals surface area contributed by atoms with Gasteiger partial charge in [0.15, 0.2) is 0 Å². The molecular weight excluding hydrogens is 232 g/mol. The molecule has 1 aliphatic rings. The lowest BCUT2D eigenvalue weighted by Gasteiger charge is -2.11. The number of allylic oxidation sites excluding steroid dienone is 7. The van der Waals surface area contributed by atoms with Crippen LogP contribution in [0.3, 0.4) is 0 Å². The van der Waals surface area contributed by atoms with Crippen LogP contribution in [-0.4, -0.2) is 18.6 Å². The predicted octanol–water partition coefficient (Wildman–Crippen LogP) is 4.66. The summed E-state index contributed by atoms with van der Waals surface area (Å²) in [5.41, 5.74) is 5.07. The lowest BCUT2D eigenvalue weighted by Crippen LogP contribution is -1.95. The molecule has 1 heterocycles. The Hall–Kier alpha value is -1.70. The normalized spacial score (nSPS) is 26.3. The second-order valence-corrected chi connectivity index (χ2v) is 4.62. The van der Waals surface area contributed by atoms with Gasteiger partial charge in [0.2, 0.25) is 0 Å². The van der Waals surface area contributed by atoms with Crippen LogP contribution >= 0.6 is 0 Å². The Labute approximate surface area is 117 Å². The molecule has 0 aromatic carbocycles. The van der Waals surface area contributed by atoms with Crippen LogP contribution < -0.4 is 0 Å². The van der Waals surface area contributed by atoms with Gasteiger partial charge in [-0.25, -0.2) is 4.99 Å². The summed E-state index contributed by atoms with van der Waals surface area (Å²) in [4.78, 5) is 8.62. The van der Waals surface area contributed by atoms with E-state index in [4.69, 9.17) is 0 Å². The summed E-state index contributed by atoms with van der Waals surface area (Å²) in [6, 6.07) is 0. The molecule has 0 aliphatic carbocycles. The van der Waals surface area contributed by atoms with E-state index in [1.165, 1.54) is 16.7 Å². The first kappa shape index (κ1) is 15.4. The average molecular weight is 256 g/mol. The third-order valence-electron chi connectivity index (χ3n) is 3.14. The highest BCUT2D eigenvalue weighted by molar-refractivity contribution is 5.97. The summed E-state index contributed by atoms with van der Waals surface area (Å²) < 4.78 is 0. The van der Waals surface area contributed by atoms with E-state index >= 15 is 0 Å². The van der Waals surface area contributed by atoms with Crippen molar-refractivity contribution in [1.82, 2.24) is 0 Å². The molecule has 19 heavy (non-hydrogen) atoms. The molecule has 0 atom stereocenters. The highest BCUT2D eigenvalue weighted by Gasteiger charge is 2.04. The predicted molar refractivity (Wildman–Crippen MR) is 86.1 cm³/mol. The molecular formula is C17H24N2. The van der Waals surface area contributed by atoms with Gasteiger partial charge < -0.3 is 0 Å². The van der Waals surface area contributed by atoms with E-state index in [1.807, 2.05) is 13.0 Å². The first-order chi connectivity index (χ1) is 9.19. The Bertz CT molecular complexity index is 471. The minimum absolute atomic E-state index is 0.804. The van der Waals surface area contributed by atoms with Crippen LogP contribution in [0.4, 0.5) is 0 Å². The first-order valence-corrected chi connectivity index (χ1v) is 6.91. The fraction of sp³-hybridized carbons (Fsp3) is 0.412. The number of nitrogens with zero attached hydrogens (tertiary/aromatic N) is 2. The van der Waals surface area contributed by atoms with E-state index in [2.05, 4.69) is 55.1 Å². The van der Waals surface area contributed by atoms with Crippen LogP contribution in [0.15, 0.2) is 57.1 Å². The topological polar surface area (TPSA) is 24.7 Å². The SMILES string of the molecule is C\C=C/C1=C(\CC)CCN=CN=C(C)\C=C\C=C\1C. The van der Waals surface area contributed by atoms with Crippen molar-refractivity contribution in [2.75, 3.05) is 6.54 Å². The molecule has 0 amide bonds. The summed E-state index contributed by atoms with van der Waals surface area (Å²) in [7, 11) is 0. The van der Waals surface area contributed by atoms with E-state index in [9.17, 15) is 0 Å². The zero-order valence-electron chi connectivity index (χ0n) is 12.5. The molecule has 0 aromatic rings. The van der Waals surface area contributed by atoms with Crippen molar-refractivity contribution in [3.63, 3.8) is 0 Å². The van der Waals surface area contributed by atoms with E-state index in [-0.39, 0.29) is 0 Å². The van der Waals surface area contributed by atoms with Crippen LogP contribution in [0.1, 0.15) is 40.5 Å². The van der Waals surface area contributed by atoms with Gasteiger partial charge in [-0.05, 0) is 50.8 Å². The van der Waals surface area contributed by atoms with Gasteiger partial charge in [0, 0.05) is 12.3 Å². The summed E-state index contributed by atoms with van der Waals surface area (Å²) in [5, 5.41) is 0. The lowest BCUT2D eigenvalue weighted by molar-refractivity contribution is 0.884. The summed E-state index contributed by atoms with van der Waals surface area (Å²) in [5.74, 6) is 0. The van der Waals surface area contributed by atoms with Gasteiger partial charge in [-0.3, -0.25) is 4.99 Å². The van der Waals surface area contributed by atoms with Gasteiger partial charge in [0.25, 0.3) is 0 Å². The maximum atomic E-state index is 4.35. The largest absolute Gasteiger partial charge is 0.273 e. The summed E-state index contributed by atoms with van der Waals surface area (Å²) in [6.07, 6.45) is 14.3. The smallest absolute Gasteiger partial charge is 0.110 e. The van der Waals surface area contributed by atoms with E-state index in [0.717, 1.165) is 25.1 Å². The van der Waals surface area contributed by atoms with Gasteiger partial charge in [-0.1, -0.05) is 36.8 Å². The van der Waals surface area contributed by atoms with E-state index in [1.54, 1.807) is 6.34 Å². The Balaban J connectivity index is 3.21. The average Bonchev–Trinajstić information content (AvgIpc) is 2.39. The molecule has 2 nitrogen and oxygen atoms in total. The van der Waals surface area contributed by atoms with Crippen LogP contribution in [-0.2, 0) is 0 Å². The van der Waals surface area contributed by atoms with Gasteiger partial charge >= 0.3 is 0 Å². The van der Waals surface area contributed by atoms with E-state index in [0.29, 0.717) is 0 Å². The molecule has 0 aromatic heterocycles. The number of hydrogen-bond donors (Lipinski definition) is 0. The monoisotopic (exact) mass is 256 g/mol. The minimum atomic E-state index is 0.804. The first-order valence-electron chi connectivity index (χ1n) is 6.91. The maximum absolute atomic E-state index is 4.35. The van der Waals surface area contributed by atoms with Crippen molar-refractivity contribution in [2.24, 2.45) is 9.98 Å². The van der Waals surface area contributed by atoms with Gasteiger partial charge in [0.1, 0.15) is 6.34 Å². The van der Waals surface area contributed by atoms with Crippen molar-refractivity contribution < 1.29 is 0 Å². The third-order valence-corrected chi connectivity index (χ3v) is 3.14. The van der Waals surface area contributed by atoms with Gasteiger partial charge in [-0.2, -0.15) is 0 Å². The molecule has 0 saturated carbocycles. The molecule has 0 spiro atoms. The van der Waals surface area contributed by atoms with Crippen molar-refractivity contribution in [2.45, 2.75) is 40.5 Å².